The lowest BCUT2D eigenvalue weighted by Crippen LogP contribution is -2.42. The molecular formula is C17H20N6O5. The number of nitrogens with zero attached hydrogens (tertiary/aromatic N) is 4. The second-order valence-corrected chi connectivity index (χ2v) is 6.27. The maximum atomic E-state index is 12.1. The molecule has 1 aliphatic heterocycles. The Morgan fingerprint density at radius 2 is 2.14 bits per heavy atom. The van der Waals surface area contributed by atoms with Crippen molar-refractivity contribution < 1.29 is 24.2 Å². The summed E-state index contributed by atoms with van der Waals surface area (Å²) in [5.41, 5.74) is 0.808. The Hall–Kier alpha value is -3.02. The molecule has 1 fully saturated rings. The van der Waals surface area contributed by atoms with Gasteiger partial charge in [0.1, 0.15) is 12.2 Å². The number of aromatic nitrogens is 4. The molecule has 0 spiro atoms. The quantitative estimate of drug-likeness (QED) is 0.469. The van der Waals surface area contributed by atoms with Gasteiger partial charge in [0.15, 0.2) is 40.9 Å². The fourth-order valence-electron chi connectivity index (χ4n) is 3.17. The Morgan fingerprint density at radius 3 is 2.82 bits per heavy atom. The summed E-state index contributed by atoms with van der Waals surface area (Å²) < 4.78 is 12.5. The molecule has 4 atom stereocenters. The van der Waals surface area contributed by atoms with Crippen LogP contribution in [0.2, 0.25) is 0 Å². The smallest absolute Gasteiger partial charge is 0.252 e. The van der Waals surface area contributed by atoms with Crippen molar-refractivity contribution in [2.45, 2.75) is 31.5 Å². The van der Waals surface area contributed by atoms with E-state index in [0.29, 0.717) is 35.1 Å². The number of amides is 1. The Morgan fingerprint density at radius 1 is 1.32 bits per heavy atom. The summed E-state index contributed by atoms with van der Waals surface area (Å²) >= 11 is 0. The van der Waals surface area contributed by atoms with Crippen molar-refractivity contribution in [2.24, 2.45) is 0 Å². The van der Waals surface area contributed by atoms with E-state index in [1.54, 1.807) is 26.1 Å². The van der Waals surface area contributed by atoms with E-state index in [9.17, 15) is 15.0 Å². The Bertz CT molecular complexity index is 988. The molecule has 28 heavy (non-hydrogen) atoms. The summed E-state index contributed by atoms with van der Waals surface area (Å²) in [6.45, 7) is 2.13. The molecular weight excluding hydrogens is 368 g/mol. The molecule has 1 amide bonds. The molecule has 11 heteroatoms. The molecule has 1 aliphatic rings. The molecule has 0 bridgehead atoms. The van der Waals surface area contributed by atoms with Crippen LogP contribution in [0.15, 0.2) is 29.1 Å². The molecule has 4 heterocycles. The van der Waals surface area contributed by atoms with Gasteiger partial charge in [-0.3, -0.25) is 9.36 Å². The molecule has 4 N–H and O–H groups in total. The number of fused-ring (bicyclic) bond motifs is 1. The highest BCUT2D eigenvalue weighted by atomic mass is 16.6. The predicted octanol–water partition coefficient (Wildman–Crippen LogP) is -0.117. The zero-order valence-electron chi connectivity index (χ0n) is 15.2. The van der Waals surface area contributed by atoms with E-state index in [4.69, 9.17) is 9.15 Å². The highest BCUT2D eigenvalue weighted by Crippen LogP contribution is 2.33. The monoisotopic (exact) mass is 388 g/mol. The number of aliphatic hydroxyl groups excluding tert-OH is 2. The molecule has 3 aromatic heterocycles. The van der Waals surface area contributed by atoms with Crippen LogP contribution in [-0.2, 0) is 9.53 Å². The first kappa shape index (κ1) is 18.3. The van der Waals surface area contributed by atoms with Gasteiger partial charge in [0.05, 0.1) is 12.6 Å². The van der Waals surface area contributed by atoms with Gasteiger partial charge in [-0.15, -0.1) is 0 Å². The minimum Gasteiger partial charge on any atom is -0.461 e. The minimum absolute atomic E-state index is 0.317. The first-order chi connectivity index (χ1) is 13.5. The molecule has 1 saturated heterocycles. The summed E-state index contributed by atoms with van der Waals surface area (Å²) in [5.74, 6) is 0.738. The molecule has 11 nitrogen and oxygen atoms in total. The van der Waals surface area contributed by atoms with Crippen molar-refractivity contribution in [3.63, 3.8) is 0 Å². The van der Waals surface area contributed by atoms with Gasteiger partial charge in [-0.25, -0.2) is 15.0 Å². The van der Waals surface area contributed by atoms with Gasteiger partial charge in [0.25, 0.3) is 5.91 Å². The number of nitrogens with one attached hydrogen (secondary N) is 2. The van der Waals surface area contributed by atoms with Crippen LogP contribution in [0.4, 0.5) is 5.82 Å². The standard InChI is InChI=1S/C17H20N6O5/c1-3-19-16(26)12-10(24)11(25)17(28-12)23-7-20-9-14(18-2)21-13(22-15(9)23)8-5-4-6-27-8/h4-7,10-12,17,24-25H,3H2,1-2H3,(H,19,26)(H,18,21,22)/t10-,11+,12-,17+/m0/s1. The maximum absolute atomic E-state index is 12.1. The average Bonchev–Trinajstić information content (AvgIpc) is 3.42. The summed E-state index contributed by atoms with van der Waals surface area (Å²) in [5, 5.41) is 26.3. The zero-order valence-corrected chi connectivity index (χ0v) is 15.2. The Balaban J connectivity index is 1.77. The second-order valence-electron chi connectivity index (χ2n) is 6.27. The normalized spacial score (nSPS) is 24.6. The zero-order chi connectivity index (χ0) is 19.8. The molecule has 0 saturated carbocycles. The van der Waals surface area contributed by atoms with E-state index in [2.05, 4.69) is 25.6 Å². The van der Waals surface area contributed by atoms with Crippen molar-refractivity contribution in [1.29, 1.82) is 0 Å². The maximum Gasteiger partial charge on any atom is 0.252 e. The average molecular weight is 388 g/mol. The van der Waals surface area contributed by atoms with Gasteiger partial charge >= 0.3 is 0 Å². The first-order valence-corrected chi connectivity index (χ1v) is 8.80. The number of hydrogen-bond acceptors (Lipinski definition) is 9. The third-order valence-electron chi connectivity index (χ3n) is 4.52. The van der Waals surface area contributed by atoms with E-state index in [-0.39, 0.29) is 0 Å². The van der Waals surface area contributed by atoms with E-state index >= 15 is 0 Å². The number of ether oxygens (including phenoxy) is 1. The lowest BCUT2D eigenvalue weighted by atomic mass is 10.1. The molecule has 3 aromatic rings. The first-order valence-electron chi connectivity index (χ1n) is 8.80. The SMILES string of the molecule is CCNC(=O)[C@H]1O[C@@H](n2cnc3c(NC)nc(-c4ccco4)nc32)[C@H](O)[C@@H]1O. The van der Waals surface area contributed by atoms with Gasteiger partial charge in [-0.05, 0) is 19.1 Å². The van der Waals surface area contributed by atoms with Gasteiger partial charge in [0, 0.05) is 13.6 Å². The molecule has 0 aliphatic carbocycles. The number of carbonyl (C=O) groups excluding carboxylic acids is 1. The van der Waals surface area contributed by atoms with Crippen LogP contribution in [0.1, 0.15) is 13.2 Å². The third kappa shape index (κ3) is 2.89. The highest BCUT2D eigenvalue weighted by Gasteiger charge is 2.47. The summed E-state index contributed by atoms with van der Waals surface area (Å²) in [6.07, 6.45) is -2.04. The number of carbonyl (C=O) groups is 1. The summed E-state index contributed by atoms with van der Waals surface area (Å²) in [7, 11) is 1.70. The third-order valence-corrected chi connectivity index (χ3v) is 4.52. The van der Waals surface area contributed by atoms with Gasteiger partial charge < -0.3 is 30.0 Å². The van der Waals surface area contributed by atoms with Crippen molar-refractivity contribution >= 4 is 22.9 Å². The summed E-state index contributed by atoms with van der Waals surface area (Å²) in [6, 6.07) is 3.44. The van der Waals surface area contributed by atoms with E-state index in [1.807, 2.05) is 0 Å². The van der Waals surface area contributed by atoms with Gasteiger partial charge in [-0.1, -0.05) is 0 Å². The Kier molecular flexibility index (Phi) is 4.71. The lowest BCUT2D eigenvalue weighted by Gasteiger charge is -2.16. The fraction of sp³-hybridized carbons (Fsp3) is 0.412. The van der Waals surface area contributed by atoms with Crippen LogP contribution in [0, 0.1) is 0 Å². The van der Waals surface area contributed by atoms with Crippen LogP contribution in [0.25, 0.3) is 22.7 Å². The van der Waals surface area contributed by atoms with Gasteiger partial charge in [0.2, 0.25) is 0 Å². The van der Waals surface area contributed by atoms with Crippen molar-refractivity contribution in [2.75, 3.05) is 18.9 Å². The Labute approximate surface area is 159 Å². The number of likely N-dealkylation sites (N-methyl/N-ethyl adjacent to an activating group) is 1. The van der Waals surface area contributed by atoms with Gasteiger partial charge in [-0.2, -0.15) is 0 Å². The minimum atomic E-state index is -1.39. The number of hydrogen-bond donors (Lipinski definition) is 4. The number of anilines is 1. The number of rotatable bonds is 5. The van der Waals surface area contributed by atoms with Crippen LogP contribution in [-0.4, -0.2) is 67.5 Å². The molecule has 0 radical (unpaired) electrons. The molecule has 4 rings (SSSR count). The van der Waals surface area contributed by atoms with Crippen LogP contribution < -0.4 is 10.6 Å². The lowest BCUT2D eigenvalue weighted by molar-refractivity contribution is -0.137. The molecule has 0 aromatic carbocycles. The van der Waals surface area contributed by atoms with E-state index < -0.39 is 30.4 Å². The highest BCUT2D eigenvalue weighted by molar-refractivity contribution is 5.85. The van der Waals surface area contributed by atoms with Crippen molar-refractivity contribution in [1.82, 2.24) is 24.8 Å². The summed E-state index contributed by atoms with van der Waals surface area (Å²) in [4.78, 5) is 25.3. The number of imidazole rings is 1. The van der Waals surface area contributed by atoms with E-state index in [0.717, 1.165) is 0 Å². The van der Waals surface area contributed by atoms with Crippen molar-refractivity contribution in [3.8, 4) is 11.6 Å². The van der Waals surface area contributed by atoms with Crippen LogP contribution >= 0.6 is 0 Å². The van der Waals surface area contributed by atoms with Crippen LogP contribution in [0.5, 0.6) is 0 Å². The van der Waals surface area contributed by atoms with Crippen LogP contribution in [0.3, 0.4) is 0 Å². The molecule has 0 unspecified atom stereocenters. The van der Waals surface area contributed by atoms with Crippen molar-refractivity contribution in [3.05, 3.63) is 24.7 Å². The molecule has 148 valence electrons. The predicted molar refractivity (Wildman–Crippen MR) is 97.2 cm³/mol. The second kappa shape index (κ2) is 7.19. The van der Waals surface area contributed by atoms with E-state index in [1.165, 1.54) is 17.2 Å². The number of furan rings is 1. The largest absolute Gasteiger partial charge is 0.461 e. The topological polar surface area (TPSA) is 148 Å². The fourth-order valence-corrected chi connectivity index (χ4v) is 3.17. The number of aliphatic hydroxyl groups is 2.